The number of hydrogen-bond acceptors (Lipinski definition) is 9. The van der Waals surface area contributed by atoms with E-state index >= 15 is 0 Å². The van der Waals surface area contributed by atoms with E-state index in [1.807, 2.05) is 67.6 Å². The number of hydrogen-bond donors (Lipinski definition) is 2. The number of aliphatic hydroxyl groups excluding tert-OH is 1. The van der Waals surface area contributed by atoms with Gasteiger partial charge in [0.15, 0.2) is 12.6 Å². The second-order valence-electron chi connectivity index (χ2n) is 10.3. The van der Waals surface area contributed by atoms with Gasteiger partial charge < -0.3 is 38.8 Å². The molecule has 0 aromatic heterocycles. The van der Waals surface area contributed by atoms with E-state index < -0.39 is 43.0 Å². The van der Waals surface area contributed by atoms with Crippen LogP contribution in [0.25, 0.3) is 0 Å². The van der Waals surface area contributed by atoms with Crippen molar-refractivity contribution in [3.8, 4) is 0 Å². The van der Waals surface area contributed by atoms with E-state index in [1.165, 1.54) is 7.11 Å². The molecule has 2 N–H and O–H groups in total. The number of carbonyl (C=O) groups excluding carboxylic acids is 2. The second-order valence-corrected chi connectivity index (χ2v) is 10.3. The van der Waals surface area contributed by atoms with Gasteiger partial charge in [0, 0.05) is 25.0 Å². The number of benzene rings is 2. The minimum Gasteiger partial charge on any atom is -0.469 e. The van der Waals surface area contributed by atoms with Crippen molar-refractivity contribution in [3.63, 3.8) is 0 Å². The number of carbonyl (C=O) groups is 2. The molecule has 2 saturated heterocycles. The third kappa shape index (κ3) is 9.06. The Morgan fingerprint density at radius 1 is 0.976 bits per heavy atom. The zero-order valence-electron chi connectivity index (χ0n) is 23.7. The smallest absolute Gasteiger partial charge is 0.305 e. The van der Waals surface area contributed by atoms with Crippen molar-refractivity contribution in [2.24, 2.45) is 0 Å². The molecule has 10 heteroatoms. The van der Waals surface area contributed by atoms with Gasteiger partial charge in [-0.25, -0.2) is 0 Å². The summed E-state index contributed by atoms with van der Waals surface area (Å²) in [7, 11) is 1.37. The summed E-state index contributed by atoms with van der Waals surface area (Å²) in [4.78, 5) is 24.7. The fourth-order valence-electron chi connectivity index (χ4n) is 4.94. The van der Waals surface area contributed by atoms with Gasteiger partial charge in [-0.15, -0.1) is 0 Å². The molecule has 7 atom stereocenters. The van der Waals surface area contributed by atoms with E-state index in [1.54, 1.807) is 0 Å². The highest BCUT2D eigenvalue weighted by Gasteiger charge is 2.46. The molecule has 41 heavy (non-hydrogen) atoms. The van der Waals surface area contributed by atoms with E-state index in [9.17, 15) is 14.7 Å². The van der Waals surface area contributed by atoms with Crippen molar-refractivity contribution in [2.75, 3.05) is 20.3 Å². The maximum Gasteiger partial charge on any atom is 0.305 e. The second kappa shape index (κ2) is 16.0. The molecule has 0 unspecified atom stereocenters. The van der Waals surface area contributed by atoms with Crippen LogP contribution in [0.15, 0.2) is 60.7 Å². The van der Waals surface area contributed by atoms with Gasteiger partial charge in [0.25, 0.3) is 0 Å². The van der Waals surface area contributed by atoms with Crippen LogP contribution < -0.4 is 5.32 Å². The summed E-state index contributed by atoms with van der Waals surface area (Å²) in [6.07, 6.45) is -1.84. The fourth-order valence-corrected chi connectivity index (χ4v) is 4.94. The van der Waals surface area contributed by atoms with Crippen LogP contribution in [0.3, 0.4) is 0 Å². The first-order chi connectivity index (χ1) is 20.0. The van der Waals surface area contributed by atoms with Gasteiger partial charge in [-0.3, -0.25) is 9.59 Å². The first-order valence-electron chi connectivity index (χ1n) is 14.3. The average Bonchev–Trinajstić information content (AvgIpc) is 3.01. The third-order valence-corrected chi connectivity index (χ3v) is 7.25. The molecule has 2 fully saturated rings. The first kappa shape index (κ1) is 31.1. The monoisotopic (exact) mass is 571 g/mol. The van der Waals surface area contributed by atoms with Crippen LogP contribution in [0.5, 0.6) is 0 Å². The summed E-state index contributed by atoms with van der Waals surface area (Å²) in [5.41, 5.74) is 1.77. The lowest BCUT2D eigenvalue weighted by atomic mass is 9.96. The van der Waals surface area contributed by atoms with Crippen molar-refractivity contribution in [3.05, 3.63) is 71.8 Å². The van der Waals surface area contributed by atoms with Crippen LogP contribution >= 0.6 is 0 Å². The fraction of sp³-hybridized carbons (Fsp3) is 0.548. The molecule has 4 rings (SSSR count). The van der Waals surface area contributed by atoms with Crippen molar-refractivity contribution < 1.29 is 43.1 Å². The highest BCUT2D eigenvalue weighted by molar-refractivity contribution is 5.81. The Hall–Kier alpha value is -2.86. The Kier molecular flexibility index (Phi) is 12.1. The lowest BCUT2D eigenvalue weighted by Gasteiger charge is -2.44. The molecule has 224 valence electrons. The first-order valence-corrected chi connectivity index (χ1v) is 14.3. The number of unbranched alkanes of at least 4 members (excludes halogenated alkanes) is 2. The zero-order valence-corrected chi connectivity index (χ0v) is 23.7. The molecular formula is C31H41NO9. The predicted octanol–water partition coefficient (Wildman–Crippen LogP) is 3.42. The number of ether oxygens (including phenoxy) is 6. The van der Waals surface area contributed by atoms with Crippen molar-refractivity contribution in [1.29, 1.82) is 0 Å². The molecule has 2 aromatic carbocycles. The number of amides is 1. The molecule has 1 amide bonds. The lowest BCUT2D eigenvalue weighted by molar-refractivity contribution is -0.281. The molecule has 0 bridgehead atoms. The zero-order chi connectivity index (χ0) is 29.0. The average molecular weight is 572 g/mol. The van der Waals surface area contributed by atoms with Crippen LogP contribution in [0.1, 0.15) is 56.4 Å². The van der Waals surface area contributed by atoms with E-state index in [0.717, 1.165) is 17.5 Å². The molecular weight excluding hydrogens is 530 g/mol. The highest BCUT2D eigenvalue weighted by Crippen LogP contribution is 2.29. The molecule has 0 radical (unpaired) electrons. The lowest BCUT2D eigenvalue weighted by Crippen LogP contribution is -2.65. The van der Waals surface area contributed by atoms with Crippen LogP contribution in [0, 0.1) is 0 Å². The minimum absolute atomic E-state index is 0.237. The van der Waals surface area contributed by atoms with Crippen molar-refractivity contribution in [2.45, 2.75) is 88.7 Å². The molecule has 0 saturated carbocycles. The van der Waals surface area contributed by atoms with Gasteiger partial charge in [-0.05, 0) is 25.3 Å². The van der Waals surface area contributed by atoms with Crippen LogP contribution in [-0.2, 0) is 44.6 Å². The van der Waals surface area contributed by atoms with E-state index in [-0.39, 0.29) is 18.5 Å². The van der Waals surface area contributed by atoms with Gasteiger partial charge in [0.1, 0.15) is 18.3 Å². The molecule has 2 heterocycles. The quantitative estimate of drug-likeness (QED) is 0.275. The normalized spacial score (nSPS) is 28.1. The molecule has 0 spiro atoms. The highest BCUT2D eigenvalue weighted by atomic mass is 16.7. The van der Waals surface area contributed by atoms with Crippen LogP contribution in [0.2, 0.25) is 0 Å². The van der Waals surface area contributed by atoms with Gasteiger partial charge in [-0.1, -0.05) is 67.1 Å². The van der Waals surface area contributed by atoms with E-state index in [2.05, 4.69) is 10.1 Å². The summed E-state index contributed by atoms with van der Waals surface area (Å²) >= 11 is 0. The number of esters is 1. The number of nitrogens with one attached hydrogen (secondary N) is 1. The standard InChI is InChI=1S/C31H41NO9/c1-21-26(32-29(35)24-17-19-38-30(41-24)23-14-8-4-9-15-23)28(39-20-22-12-6-3-7-13-22)27(34)31(40-21)37-18-11-5-10-16-25(33)36-2/h3-4,6-9,12-15,21,24,26-28,30-31,34H,5,10-11,16-20H2,1-2H3,(H,32,35)/t21-,24-,26-,27+,28+,30-,31+/m1/s1. The molecule has 2 aliphatic rings. The van der Waals surface area contributed by atoms with Crippen LogP contribution in [0.4, 0.5) is 0 Å². The Bertz CT molecular complexity index is 1070. The molecule has 2 aromatic rings. The van der Waals surface area contributed by atoms with Crippen LogP contribution in [-0.4, -0.2) is 74.1 Å². The Morgan fingerprint density at radius 2 is 1.71 bits per heavy atom. The maximum atomic E-state index is 13.4. The third-order valence-electron chi connectivity index (χ3n) is 7.25. The Morgan fingerprint density at radius 3 is 2.44 bits per heavy atom. The summed E-state index contributed by atoms with van der Waals surface area (Å²) in [5, 5.41) is 14.3. The number of aliphatic hydroxyl groups is 1. The van der Waals surface area contributed by atoms with Gasteiger partial charge >= 0.3 is 5.97 Å². The summed E-state index contributed by atoms with van der Waals surface area (Å²) in [6, 6.07) is 18.5. The molecule has 10 nitrogen and oxygen atoms in total. The molecule has 2 aliphatic heterocycles. The topological polar surface area (TPSA) is 122 Å². The minimum atomic E-state index is -1.15. The Balaban J connectivity index is 1.37. The number of rotatable bonds is 13. The number of methoxy groups -OCH3 is 1. The van der Waals surface area contributed by atoms with E-state index in [4.69, 9.17) is 23.7 Å². The predicted molar refractivity (Wildman–Crippen MR) is 148 cm³/mol. The maximum absolute atomic E-state index is 13.4. The van der Waals surface area contributed by atoms with Crippen molar-refractivity contribution in [1.82, 2.24) is 5.32 Å². The summed E-state index contributed by atoms with van der Waals surface area (Å²) in [6.45, 7) is 2.78. The largest absolute Gasteiger partial charge is 0.469 e. The van der Waals surface area contributed by atoms with Gasteiger partial charge in [-0.2, -0.15) is 0 Å². The van der Waals surface area contributed by atoms with Crippen molar-refractivity contribution >= 4 is 11.9 Å². The molecule has 0 aliphatic carbocycles. The Labute approximate surface area is 241 Å². The van der Waals surface area contributed by atoms with Gasteiger partial charge in [0.05, 0.1) is 32.5 Å². The van der Waals surface area contributed by atoms with E-state index in [0.29, 0.717) is 38.9 Å². The summed E-state index contributed by atoms with van der Waals surface area (Å²) in [5.74, 6) is -0.556. The van der Waals surface area contributed by atoms with Gasteiger partial charge in [0.2, 0.25) is 5.91 Å². The SMILES string of the molecule is COC(=O)CCCCCO[C@H]1O[C@H](C)[C@@H](NC(=O)[C@H]2CCO[C@@H](c3ccccc3)O2)[C@H](OCc2ccccc2)[C@@H]1O. The summed E-state index contributed by atoms with van der Waals surface area (Å²) < 4.78 is 34.5.